The number of nitrogens with zero attached hydrogens (tertiary/aromatic N) is 2. The minimum atomic E-state index is -0.624. The molecular weight excluding hydrogens is 276 g/mol. The summed E-state index contributed by atoms with van der Waals surface area (Å²) in [5, 5.41) is -0.0422. The zero-order chi connectivity index (χ0) is 13.9. The highest BCUT2D eigenvalue weighted by Gasteiger charge is 2.20. The number of hydrogen-bond acceptors (Lipinski definition) is 4. The maximum atomic E-state index is 11.7. The van der Waals surface area contributed by atoms with Gasteiger partial charge in [-0.2, -0.15) is 0 Å². The second-order valence-electron chi connectivity index (χ2n) is 4.05. The molecule has 1 aromatic heterocycles. The van der Waals surface area contributed by atoms with Gasteiger partial charge >= 0.3 is 11.6 Å². The summed E-state index contributed by atoms with van der Waals surface area (Å²) in [6, 6.07) is -0.557. The molecule has 5 nitrogen and oxygen atoms in total. The summed E-state index contributed by atoms with van der Waals surface area (Å²) >= 11 is 7.36. The van der Waals surface area contributed by atoms with Crippen LogP contribution in [0, 0.1) is 0 Å². The molecule has 100 valence electrons. The third-order valence-corrected chi connectivity index (χ3v) is 3.49. The van der Waals surface area contributed by atoms with Crippen LogP contribution in [0.3, 0.4) is 0 Å². The van der Waals surface area contributed by atoms with Gasteiger partial charge in [-0.25, -0.2) is 4.79 Å². The van der Waals surface area contributed by atoms with Gasteiger partial charge in [0.05, 0.1) is 5.75 Å². The summed E-state index contributed by atoms with van der Waals surface area (Å²) in [4.78, 5) is 24.6. The van der Waals surface area contributed by atoms with Gasteiger partial charge in [0.2, 0.25) is 0 Å². The molecule has 0 unspecified atom stereocenters. The molecule has 0 aliphatic rings. The molecule has 0 N–H and O–H groups in total. The Hall–Kier alpha value is -1.14. The fraction of sp³-hybridized carbons (Fsp3) is 0.455. The highest BCUT2D eigenvalue weighted by molar-refractivity contribution is 7.98. The van der Waals surface area contributed by atoms with Crippen LogP contribution in [0.4, 0.5) is 4.79 Å². The Balaban J connectivity index is 2.89. The molecule has 1 heterocycles. The fourth-order valence-corrected chi connectivity index (χ4v) is 2.21. The molecule has 18 heavy (non-hydrogen) atoms. The quantitative estimate of drug-likeness (QED) is 0.799. The number of hydrogen-bond donors (Lipinski definition) is 0. The average Bonchev–Trinajstić information content (AvgIpc) is 2.56. The van der Waals surface area contributed by atoms with Gasteiger partial charge in [0.15, 0.2) is 10.8 Å². The lowest BCUT2D eigenvalue weighted by atomic mass is 10.4. The summed E-state index contributed by atoms with van der Waals surface area (Å²) in [5.41, 5.74) is 0.392. The first-order chi connectivity index (χ1) is 8.34. The third-order valence-electron chi connectivity index (χ3n) is 1.96. The molecule has 0 aromatic carbocycles. The predicted molar refractivity (Wildman–Crippen MR) is 73.4 cm³/mol. The van der Waals surface area contributed by atoms with Crippen LogP contribution in [0.15, 0.2) is 21.5 Å². The van der Waals surface area contributed by atoms with Crippen molar-refractivity contribution < 1.29 is 9.32 Å². The van der Waals surface area contributed by atoms with Crippen LogP contribution in [-0.2, 0) is 5.75 Å². The molecule has 0 aliphatic heterocycles. The number of carbonyl (C=O) groups is 1. The zero-order valence-electron chi connectivity index (χ0n) is 10.5. The van der Waals surface area contributed by atoms with Crippen LogP contribution in [-0.4, -0.2) is 35.5 Å². The van der Waals surface area contributed by atoms with Crippen molar-refractivity contribution in [2.45, 2.75) is 12.7 Å². The molecule has 1 amide bonds. The molecule has 1 aromatic rings. The van der Waals surface area contributed by atoms with Crippen molar-refractivity contribution in [1.29, 1.82) is 0 Å². The summed E-state index contributed by atoms with van der Waals surface area (Å²) in [7, 11) is 3.06. The first-order valence-corrected chi connectivity index (χ1v) is 6.72. The molecule has 7 heteroatoms. The Kier molecular flexibility index (Phi) is 5.10. The molecule has 0 saturated carbocycles. The van der Waals surface area contributed by atoms with Gasteiger partial charge < -0.3 is 9.42 Å². The summed E-state index contributed by atoms with van der Waals surface area (Å²) in [6.45, 7) is 5.68. The highest BCUT2D eigenvalue weighted by Crippen LogP contribution is 2.20. The summed E-state index contributed by atoms with van der Waals surface area (Å²) < 4.78 is 5.85. The van der Waals surface area contributed by atoms with Gasteiger partial charge in [-0.3, -0.25) is 4.79 Å². The Morgan fingerprint density at radius 3 is 2.67 bits per heavy atom. The minimum Gasteiger partial charge on any atom is -0.369 e. The normalized spacial score (nSPS) is 10.4. The Bertz CT molecular complexity index is 519. The Morgan fingerprint density at radius 1 is 1.56 bits per heavy atom. The third kappa shape index (κ3) is 3.43. The number of aromatic nitrogens is 1. The van der Waals surface area contributed by atoms with E-state index in [1.54, 1.807) is 0 Å². The van der Waals surface area contributed by atoms with Gasteiger partial charge in [-0.1, -0.05) is 28.5 Å². The summed E-state index contributed by atoms with van der Waals surface area (Å²) in [6.07, 6.45) is 0. The van der Waals surface area contributed by atoms with Crippen molar-refractivity contribution in [2.75, 3.05) is 19.8 Å². The van der Waals surface area contributed by atoms with Crippen molar-refractivity contribution in [2.24, 2.45) is 0 Å². The van der Waals surface area contributed by atoms with E-state index in [4.69, 9.17) is 16.1 Å². The van der Waals surface area contributed by atoms with Gasteiger partial charge in [0.1, 0.15) is 0 Å². The molecule has 0 fully saturated rings. The number of amides is 1. The van der Waals surface area contributed by atoms with Gasteiger partial charge in [0, 0.05) is 19.8 Å². The zero-order valence-corrected chi connectivity index (χ0v) is 12.1. The van der Waals surface area contributed by atoms with Crippen molar-refractivity contribution in [3.05, 3.63) is 33.3 Å². The fourth-order valence-electron chi connectivity index (χ4n) is 1.12. The second kappa shape index (κ2) is 6.15. The molecule has 0 bridgehead atoms. The van der Waals surface area contributed by atoms with E-state index in [-0.39, 0.29) is 5.02 Å². The topological polar surface area (TPSA) is 55.5 Å². The Morgan fingerprint density at radius 2 is 2.17 bits per heavy atom. The maximum absolute atomic E-state index is 11.7. The minimum absolute atomic E-state index is 0.0422. The molecule has 0 saturated heterocycles. The lowest BCUT2D eigenvalue weighted by Crippen LogP contribution is -2.33. The van der Waals surface area contributed by atoms with Crippen LogP contribution in [0.5, 0.6) is 0 Å². The Labute approximate surface area is 114 Å². The van der Waals surface area contributed by atoms with Crippen LogP contribution in [0.1, 0.15) is 12.7 Å². The van der Waals surface area contributed by atoms with E-state index in [1.165, 1.54) is 30.8 Å². The highest BCUT2D eigenvalue weighted by atomic mass is 35.5. The molecule has 0 aliphatic carbocycles. The predicted octanol–water partition coefficient (Wildman–Crippen LogP) is 2.43. The summed E-state index contributed by atoms with van der Waals surface area (Å²) in [5.74, 6) is 1.48. The van der Waals surface area contributed by atoms with Gasteiger partial charge in [0.25, 0.3) is 0 Å². The van der Waals surface area contributed by atoms with Crippen LogP contribution < -0.4 is 5.56 Å². The number of thioether (sulfide) groups is 1. The van der Waals surface area contributed by atoms with Gasteiger partial charge in [-0.05, 0) is 6.92 Å². The van der Waals surface area contributed by atoms with Crippen LogP contribution in [0.2, 0.25) is 5.02 Å². The lowest BCUT2D eigenvalue weighted by Gasteiger charge is -2.07. The second-order valence-corrected chi connectivity index (χ2v) is 5.42. The monoisotopic (exact) mass is 290 g/mol. The van der Waals surface area contributed by atoms with E-state index >= 15 is 0 Å². The smallest absolute Gasteiger partial charge is 0.360 e. The van der Waals surface area contributed by atoms with E-state index in [9.17, 15) is 9.59 Å². The van der Waals surface area contributed by atoms with Gasteiger partial charge in [-0.15, -0.1) is 11.8 Å². The van der Waals surface area contributed by atoms with E-state index in [2.05, 4.69) is 6.58 Å². The largest absolute Gasteiger partial charge is 0.369 e. The number of rotatable bonds is 4. The molecule has 1 rings (SSSR count). The standard InChI is InChI=1S/C11H15ClN2O3S/c1-7(2)5-18-6-8-9(12)10(15)14(17-8)11(16)13(3)4/h1,5-6H2,2-4H3. The SMILES string of the molecule is C=C(C)CSCc1on(C(=O)N(C)C)c(=O)c1Cl. The van der Waals surface area contributed by atoms with Crippen molar-refractivity contribution >= 4 is 29.4 Å². The van der Waals surface area contributed by atoms with Crippen molar-refractivity contribution in [1.82, 2.24) is 9.64 Å². The maximum Gasteiger partial charge on any atom is 0.360 e. The molecule has 0 atom stereocenters. The molecule has 0 spiro atoms. The first-order valence-electron chi connectivity index (χ1n) is 5.19. The van der Waals surface area contributed by atoms with Crippen molar-refractivity contribution in [3.63, 3.8) is 0 Å². The van der Waals surface area contributed by atoms with E-state index in [0.717, 1.165) is 11.3 Å². The number of halogens is 1. The van der Waals surface area contributed by atoms with Crippen LogP contribution in [0.25, 0.3) is 0 Å². The van der Waals surface area contributed by atoms with E-state index in [0.29, 0.717) is 16.3 Å². The molecule has 0 radical (unpaired) electrons. The van der Waals surface area contributed by atoms with Crippen molar-refractivity contribution in [3.8, 4) is 0 Å². The molecular formula is C11H15ClN2O3S. The number of carbonyl (C=O) groups excluding carboxylic acids is 1. The lowest BCUT2D eigenvalue weighted by molar-refractivity contribution is 0.182. The van der Waals surface area contributed by atoms with E-state index in [1.807, 2.05) is 6.92 Å². The first kappa shape index (κ1) is 14.9. The average molecular weight is 291 g/mol. The van der Waals surface area contributed by atoms with Crippen LogP contribution >= 0.6 is 23.4 Å². The van der Waals surface area contributed by atoms with E-state index < -0.39 is 11.6 Å².